The van der Waals surface area contributed by atoms with Gasteiger partial charge in [-0.15, -0.1) is 0 Å². The maximum atomic E-state index is 12.1. The fourth-order valence-electron chi connectivity index (χ4n) is 2.65. The van der Waals surface area contributed by atoms with Gasteiger partial charge >= 0.3 is 0 Å². The third-order valence-electron chi connectivity index (χ3n) is 4.36. The monoisotopic (exact) mass is 294 g/mol. The number of rotatable bonds is 7. The van der Waals surface area contributed by atoms with Crippen molar-refractivity contribution >= 4 is 11.6 Å². The van der Waals surface area contributed by atoms with Gasteiger partial charge in [-0.3, -0.25) is 9.59 Å². The SMILES string of the molecule is CC(C)=CCC(=O)C(C)CCCC1(C)OCCCCC1=O. The van der Waals surface area contributed by atoms with E-state index < -0.39 is 5.60 Å². The van der Waals surface area contributed by atoms with E-state index in [0.29, 0.717) is 19.4 Å². The van der Waals surface area contributed by atoms with Crippen LogP contribution in [0.15, 0.2) is 11.6 Å². The molecule has 1 aliphatic heterocycles. The van der Waals surface area contributed by atoms with Crippen LogP contribution < -0.4 is 0 Å². The van der Waals surface area contributed by atoms with Crippen LogP contribution in [0.4, 0.5) is 0 Å². The molecule has 0 aliphatic carbocycles. The Morgan fingerprint density at radius 1 is 1.38 bits per heavy atom. The summed E-state index contributed by atoms with van der Waals surface area (Å²) in [5.41, 5.74) is 0.555. The second kappa shape index (κ2) is 8.47. The van der Waals surface area contributed by atoms with E-state index in [9.17, 15) is 9.59 Å². The molecule has 1 saturated heterocycles. The molecule has 0 aromatic carbocycles. The number of carbonyl (C=O) groups excluding carboxylic acids is 2. The van der Waals surface area contributed by atoms with Gasteiger partial charge in [0.1, 0.15) is 11.4 Å². The molecule has 1 rings (SSSR count). The third kappa shape index (κ3) is 6.13. The first-order valence-corrected chi connectivity index (χ1v) is 8.18. The van der Waals surface area contributed by atoms with Gasteiger partial charge in [0.15, 0.2) is 5.78 Å². The van der Waals surface area contributed by atoms with Crippen molar-refractivity contribution in [3.8, 4) is 0 Å². The molecule has 120 valence electrons. The van der Waals surface area contributed by atoms with Crippen molar-refractivity contribution in [3.05, 3.63) is 11.6 Å². The highest BCUT2D eigenvalue weighted by atomic mass is 16.5. The van der Waals surface area contributed by atoms with Crippen LogP contribution in [-0.4, -0.2) is 23.8 Å². The van der Waals surface area contributed by atoms with E-state index in [-0.39, 0.29) is 17.5 Å². The van der Waals surface area contributed by atoms with Crippen LogP contribution in [0.25, 0.3) is 0 Å². The van der Waals surface area contributed by atoms with Gasteiger partial charge in [0.25, 0.3) is 0 Å². The molecule has 0 bridgehead atoms. The number of Topliss-reactive ketones (excluding diaryl/α,β-unsaturated/α-hetero) is 2. The van der Waals surface area contributed by atoms with Crippen LogP contribution in [0.2, 0.25) is 0 Å². The third-order valence-corrected chi connectivity index (χ3v) is 4.36. The lowest BCUT2D eigenvalue weighted by Gasteiger charge is -2.27. The Hall–Kier alpha value is -0.960. The van der Waals surface area contributed by atoms with Crippen molar-refractivity contribution in [2.75, 3.05) is 6.61 Å². The number of ether oxygens (including phenoxy) is 1. The van der Waals surface area contributed by atoms with Crippen molar-refractivity contribution in [2.45, 2.75) is 78.2 Å². The normalized spacial score (nSPS) is 24.3. The number of hydrogen-bond donors (Lipinski definition) is 0. The van der Waals surface area contributed by atoms with Crippen LogP contribution in [0, 0.1) is 5.92 Å². The number of carbonyl (C=O) groups is 2. The molecule has 0 aromatic heterocycles. The molecule has 2 atom stereocenters. The molecule has 0 spiro atoms. The predicted molar refractivity (Wildman–Crippen MR) is 85.3 cm³/mol. The Balaban J connectivity index is 2.39. The summed E-state index contributed by atoms with van der Waals surface area (Å²) in [5.74, 6) is 0.572. The molecule has 0 aromatic rings. The molecular formula is C18H30O3. The lowest BCUT2D eigenvalue weighted by atomic mass is 9.88. The molecule has 3 heteroatoms. The Labute approximate surface area is 129 Å². The average Bonchev–Trinajstić information content (AvgIpc) is 2.59. The molecule has 3 nitrogen and oxygen atoms in total. The van der Waals surface area contributed by atoms with Crippen molar-refractivity contribution < 1.29 is 14.3 Å². The zero-order chi connectivity index (χ0) is 15.9. The van der Waals surface area contributed by atoms with Crippen LogP contribution >= 0.6 is 0 Å². The summed E-state index contributed by atoms with van der Waals surface area (Å²) in [6.45, 7) is 8.59. The molecule has 0 amide bonds. The summed E-state index contributed by atoms with van der Waals surface area (Å²) >= 11 is 0. The minimum atomic E-state index is -0.626. The highest BCUT2D eigenvalue weighted by Gasteiger charge is 2.34. The smallest absolute Gasteiger partial charge is 0.164 e. The fraction of sp³-hybridized carbons (Fsp3) is 0.778. The average molecular weight is 294 g/mol. The largest absolute Gasteiger partial charge is 0.368 e. The molecular weight excluding hydrogens is 264 g/mol. The molecule has 1 fully saturated rings. The van der Waals surface area contributed by atoms with Crippen LogP contribution in [0.3, 0.4) is 0 Å². The van der Waals surface area contributed by atoms with Crippen LogP contribution in [0.5, 0.6) is 0 Å². The van der Waals surface area contributed by atoms with E-state index in [1.54, 1.807) is 0 Å². The molecule has 1 heterocycles. The molecule has 0 saturated carbocycles. The lowest BCUT2D eigenvalue weighted by Crippen LogP contribution is -2.37. The molecule has 0 N–H and O–H groups in total. The van der Waals surface area contributed by atoms with E-state index >= 15 is 0 Å². The second-order valence-corrected chi connectivity index (χ2v) is 6.70. The Kier molecular flexibility index (Phi) is 7.30. The van der Waals surface area contributed by atoms with E-state index in [1.807, 2.05) is 33.8 Å². The van der Waals surface area contributed by atoms with E-state index in [4.69, 9.17) is 4.74 Å². The van der Waals surface area contributed by atoms with Gasteiger partial charge in [-0.05, 0) is 52.9 Å². The van der Waals surface area contributed by atoms with Crippen molar-refractivity contribution in [1.82, 2.24) is 0 Å². The number of ketones is 2. The van der Waals surface area contributed by atoms with Gasteiger partial charge < -0.3 is 4.74 Å². The number of allylic oxidation sites excluding steroid dienone is 2. The first kappa shape index (κ1) is 18.1. The topological polar surface area (TPSA) is 43.4 Å². The van der Waals surface area contributed by atoms with Gasteiger partial charge in [-0.1, -0.05) is 18.6 Å². The van der Waals surface area contributed by atoms with E-state index in [0.717, 1.165) is 32.1 Å². The summed E-state index contributed by atoms with van der Waals surface area (Å²) in [4.78, 5) is 24.1. The van der Waals surface area contributed by atoms with Gasteiger partial charge in [-0.25, -0.2) is 0 Å². The number of hydrogen-bond acceptors (Lipinski definition) is 3. The summed E-state index contributed by atoms with van der Waals surface area (Å²) in [5, 5.41) is 0. The fourth-order valence-corrected chi connectivity index (χ4v) is 2.65. The molecule has 0 radical (unpaired) electrons. The van der Waals surface area contributed by atoms with Crippen LogP contribution in [0.1, 0.15) is 72.6 Å². The first-order valence-electron chi connectivity index (χ1n) is 8.18. The summed E-state index contributed by atoms with van der Waals surface area (Å²) in [7, 11) is 0. The lowest BCUT2D eigenvalue weighted by molar-refractivity contribution is -0.141. The summed E-state index contributed by atoms with van der Waals surface area (Å²) in [6.07, 6.45) is 7.47. The summed E-state index contributed by atoms with van der Waals surface area (Å²) < 4.78 is 5.78. The minimum Gasteiger partial charge on any atom is -0.368 e. The zero-order valence-corrected chi connectivity index (χ0v) is 14.0. The maximum absolute atomic E-state index is 12.1. The first-order chi connectivity index (χ1) is 9.85. The summed E-state index contributed by atoms with van der Waals surface area (Å²) in [6, 6.07) is 0. The van der Waals surface area contributed by atoms with Gasteiger partial charge in [0, 0.05) is 25.4 Å². The van der Waals surface area contributed by atoms with Crippen LogP contribution in [-0.2, 0) is 14.3 Å². The van der Waals surface area contributed by atoms with Gasteiger partial charge in [-0.2, -0.15) is 0 Å². The highest BCUT2D eigenvalue weighted by Crippen LogP contribution is 2.27. The molecule has 2 unspecified atom stereocenters. The van der Waals surface area contributed by atoms with E-state index in [2.05, 4.69) is 0 Å². The van der Waals surface area contributed by atoms with Crippen molar-refractivity contribution in [1.29, 1.82) is 0 Å². The quantitative estimate of drug-likeness (QED) is 0.659. The predicted octanol–water partition coefficient (Wildman–Crippen LogP) is 4.25. The maximum Gasteiger partial charge on any atom is 0.164 e. The van der Waals surface area contributed by atoms with Crippen molar-refractivity contribution in [3.63, 3.8) is 0 Å². The molecule has 21 heavy (non-hydrogen) atoms. The van der Waals surface area contributed by atoms with E-state index in [1.165, 1.54) is 5.57 Å². The Morgan fingerprint density at radius 2 is 2.10 bits per heavy atom. The second-order valence-electron chi connectivity index (χ2n) is 6.70. The minimum absolute atomic E-state index is 0.0603. The van der Waals surface area contributed by atoms with Crippen molar-refractivity contribution in [2.24, 2.45) is 5.92 Å². The Bertz CT molecular complexity index is 393. The van der Waals surface area contributed by atoms with Gasteiger partial charge in [0.2, 0.25) is 0 Å². The standard InChI is InChI=1S/C18H30O3/c1-14(2)10-11-16(19)15(3)8-7-12-18(4)17(20)9-5-6-13-21-18/h10,15H,5-9,11-13H2,1-4H3. The molecule has 1 aliphatic rings. The van der Waals surface area contributed by atoms with Gasteiger partial charge in [0.05, 0.1) is 0 Å². The highest BCUT2D eigenvalue weighted by molar-refractivity contribution is 5.87. The Morgan fingerprint density at radius 3 is 2.76 bits per heavy atom. The zero-order valence-electron chi connectivity index (χ0n) is 14.0.